The van der Waals surface area contributed by atoms with Gasteiger partial charge in [-0.25, -0.2) is 4.79 Å². The number of carboxylic acid groups (broad SMARTS) is 1. The Morgan fingerprint density at radius 2 is 2.14 bits per heavy atom. The maximum atomic E-state index is 12.6. The molecule has 7 heteroatoms. The fourth-order valence-electron chi connectivity index (χ4n) is 2.16. The van der Waals surface area contributed by atoms with Crippen LogP contribution in [0.5, 0.6) is 5.75 Å². The van der Waals surface area contributed by atoms with Gasteiger partial charge in [0, 0.05) is 13.7 Å². The molecule has 0 aliphatic carbocycles. The number of carbonyl (C=O) groups excluding carboxylic acids is 1. The van der Waals surface area contributed by atoms with Gasteiger partial charge in [-0.2, -0.15) is 0 Å². The van der Waals surface area contributed by atoms with Gasteiger partial charge < -0.3 is 24.2 Å². The molecule has 1 N–H and O–H groups in total. The highest BCUT2D eigenvalue weighted by Crippen LogP contribution is 2.21. The number of carboxylic acids is 1. The predicted molar refractivity (Wildman–Crippen MR) is 77.1 cm³/mol. The number of ether oxygens (including phenoxy) is 3. The SMILES string of the molecule is COCCOc1ccccc1C(=O)N1CCO[C@H](C(=O)O)C1. The van der Waals surface area contributed by atoms with E-state index < -0.39 is 12.1 Å². The van der Waals surface area contributed by atoms with Gasteiger partial charge in [-0.05, 0) is 12.1 Å². The number of hydrogen-bond acceptors (Lipinski definition) is 5. The van der Waals surface area contributed by atoms with Crippen molar-refractivity contribution in [2.45, 2.75) is 6.10 Å². The predicted octanol–water partition coefficient (Wildman–Crippen LogP) is 0.637. The monoisotopic (exact) mass is 309 g/mol. The largest absolute Gasteiger partial charge is 0.490 e. The molecular weight excluding hydrogens is 290 g/mol. The molecule has 1 fully saturated rings. The maximum absolute atomic E-state index is 12.6. The van der Waals surface area contributed by atoms with E-state index in [0.717, 1.165) is 0 Å². The first-order chi connectivity index (χ1) is 10.6. The van der Waals surface area contributed by atoms with E-state index >= 15 is 0 Å². The Morgan fingerprint density at radius 1 is 1.36 bits per heavy atom. The maximum Gasteiger partial charge on any atom is 0.334 e. The minimum Gasteiger partial charge on any atom is -0.490 e. The Balaban J connectivity index is 2.10. The Kier molecular flexibility index (Phi) is 5.74. The van der Waals surface area contributed by atoms with Crippen molar-refractivity contribution in [3.05, 3.63) is 29.8 Å². The van der Waals surface area contributed by atoms with Gasteiger partial charge in [0.05, 0.1) is 25.3 Å². The van der Waals surface area contributed by atoms with Crippen LogP contribution in [0.2, 0.25) is 0 Å². The topological polar surface area (TPSA) is 85.3 Å². The Labute approximate surface area is 128 Å². The van der Waals surface area contributed by atoms with E-state index in [4.69, 9.17) is 19.3 Å². The van der Waals surface area contributed by atoms with Crippen LogP contribution in [0.1, 0.15) is 10.4 Å². The standard InChI is InChI=1S/C15H19NO6/c1-20-8-9-22-12-5-3-2-4-11(12)14(17)16-6-7-21-13(10-16)15(18)19/h2-5,13H,6-10H2,1H3,(H,18,19)/t13-/m0/s1. The third kappa shape index (κ3) is 3.96. The lowest BCUT2D eigenvalue weighted by Gasteiger charge is -2.31. The van der Waals surface area contributed by atoms with Gasteiger partial charge in [-0.3, -0.25) is 4.79 Å². The average Bonchev–Trinajstić information content (AvgIpc) is 2.55. The van der Waals surface area contributed by atoms with Gasteiger partial charge in [0.25, 0.3) is 5.91 Å². The van der Waals surface area contributed by atoms with E-state index in [1.807, 2.05) is 0 Å². The molecule has 1 aliphatic heterocycles. The van der Waals surface area contributed by atoms with Crippen LogP contribution < -0.4 is 4.74 Å². The Hall–Kier alpha value is -2.12. The van der Waals surface area contributed by atoms with Crippen molar-refractivity contribution in [2.24, 2.45) is 0 Å². The Morgan fingerprint density at radius 3 is 2.86 bits per heavy atom. The van der Waals surface area contributed by atoms with Gasteiger partial charge in [0.2, 0.25) is 0 Å². The molecule has 7 nitrogen and oxygen atoms in total. The number of methoxy groups -OCH3 is 1. The zero-order valence-corrected chi connectivity index (χ0v) is 12.4. The molecule has 0 spiro atoms. The number of carbonyl (C=O) groups is 2. The summed E-state index contributed by atoms with van der Waals surface area (Å²) in [6.07, 6.45) is -0.987. The average molecular weight is 309 g/mol. The van der Waals surface area contributed by atoms with Crippen LogP contribution in [-0.2, 0) is 14.3 Å². The molecule has 1 atom stereocenters. The van der Waals surface area contributed by atoms with Crippen LogP contribution in [0.15, 0.2) is 24.3 Å². The van der Waals surface area contributed by atoms with Crippen molar-refractivity contribution in [2.75, 3.05) is 40.0 Å². The summed E-state index contributed by atoms with van der Waals surface area (Å²) in [5.41, 5.74) is 0.407. The summed E-state index contributed by atoms with van der Waals surface area (Å²) in [5.74, 6) is -0.868. The second-order valence-electron chi connectivity index (χ2n) is 4.79. The van der Waals surface area contributed by atoms with Crippen LogP contribution in [0.4, 0.5) is 0 Å². The lowest BCUT2D eigenvalue weighted by molar-refractivity contribution is -0.154. The molecule has 1 saturated heterocycles. The second kappa shape index (κ2) is 7.77. The van der Waals surface area contributed by atoms with Crippen LogP contribution in [0.25, 0.3) is 0 Å². The summed E-state index contributed by atoms with van der Waals surface area (Å²) < 4.78 is 15.6. The summed E-state index contributed by atoms with van der Waals surface area (Å²) in [4.78, 5) is 25.1. The number of benzene rings is 1. The normalized spacial score (nSPS) is 18.0. The highest BCUT2D eigenvalue weighted by atomic mass is 16.5. The van der Waals surface area contributed by atoms with E-state index in [1.165, 1.54) is 4.90 Å². The van der Waals surface area contributed by atoms with Gasteiger partial charge in [0.1, 0.15) is 12.4 Å². The molecule has 120 valence electrons. The number of amides is 1. The van der Waals surface area contributed by atoms with Gasteiger partial charge in [-0.1, -0.05) is 12.1 Å². The van der Waals surface area contributed by atoms with Gasteiger partial charge in [0.15, 0.2) is 6.10 Å². The lowest BCUT2D eigenvalue weighted by atomic mass is 10.1. The fraction of sp³-hybridized carbons (Fsp3) is 0.467. The zero-order chi connectivity index (χ0) is 15.9. The molecule has 2 rings (SSSR count). The van der Waals surface area contributed by atoms with Crippen molar-refractivity contribution in [3.8, 4) is 5.75 Å². The number of rotatable bonds is 6. The summed E-state index contributed by atoms with van der Waals surface area (Å²) >= 11 is 0. The van der Waals surface area contributed by atoms with Crippen molar-refractivity contribution >= 4 is 11.9 Å². The molecule has 1 aliphatic rings. The van der Waals surface area contributed by atoms with Crippen molar-refractivity contribution < 1.29 is 28.9 Å². The van der Waals surface area contributed by atoms with Crippen LogP contribution in [0, 0.1) is 0 Å². The van der Waals surface area contributed by atoms with E-state index in [1.54, 1.807) is 31.4 Å². The number of hydrogen-bond donors (Lipinski definition) is 1. The second-order valence-corrected chi connectivity index (χ2v) is 4.79. The highest BCUT2D eigenvalue weighted by molar-refractivity contribution is 5.97. The molecule has 0 bridgehead atoms. The van der Waals surface area contributed by atoms with E-state index in [-0.39, 0.29) is 19.1 Å². The van der Waals surface area contributed by atoms with Gasteiger partial charge in [-0.15, -0.1) is 0 Å². The van der Waals surface area contributed by atoms with E-state index in [9.17, 15) is 9.59 Å². The summed E-state index contributed by atoms with van der Waals surface area (Å²) in [6.45, 7) is 1.34. The number of nitrogens with zero attached hydrogens (tertiary/aromatic N) is 1. The summed E-state index contributed by atoms with van der Waals surface area (Å²) in [6, 6.07) is 6.89. The number of para-hydroxylation sites is 1. The Bertz CT molecular complexity index is 533. The molecule has 0 saturated carbocycles. The van der Waals surface area contributed by atoms with Crippen molar-refractivity contribution in [1.29, 1.82) is 0 Å². The number of morpholine rings is 1. The smallest absolute Gasteiger partial charge is 0.334 e. The molecular formula is C15H19NO6. The third-order valence-electron chi connectivity index (χ3n) is 3.29. The number of aliphatic carboxylic acids is 1. The summed E-state index contributed by atoms with van der Waals surface area (Å²) in [5, 5.41) is 9.00. The molecule has 0 aromatic heterocycles. The van der Waals surface area contributed by atoms with Gasteiger partial charge >= 0.3 is 5.97 Å². The molecule has 22 heavy (non-hydrogen) atoms. The van der Waals surface area contributed by atoms with Crippen molar-refractivity contribution in [3.63, 3.8) is 0 Å². The zero-order valence-electron chi connectivity index (χ0n) is 12.4. The van der Waals surface area contributed by atoms with Crippen LogP contribution in [0.3, 0.4) is 0 Å². The van der Waals surface area contributed by atoms with Crippen LogP contribution >= 0.6 is 0 Å². The third-order valence-corrected chi connectivity index (χ3v) is 3.29. The molecule has 0 radical (unpaired) electrons. The van der Waals surface area contributed by atoms with E-state index in [2.05, 4.69) is 0 Å². The highest BCUT2D eigenvalue weighted by Gasteiger charge is 2.30. The molecule has 1 heterocycles. The first kappa shape index (κ1) is 16.3. The van der Waals surface area contributed by atoms with Crippen molar-refractivity contribution in [1.82, 2.24) is 4.90 Å². The summed E-state index contributed by atoms with van der Waals surface area (Å²) in [7, 11) is 1.57. The molecule has 1 aromatic rings. The quantitative estimate of drug-likeness (QED) is 0.776. The molecule has 0 unspecified atom stereocenters. The fourth-order valence-corrected chi connectivity index (χ4v) is 2.16. The minimum absolute atomic E-state index is 0.0283. The van der Waals surface area contributed by atoms with Crippen LogP contribution in [-0.4, -0.2) is 68.0 Å². The molecule has 1 amide bonds. The first-order valence-electron chi connectivity index (χ1n) is 6.98. The first-order valence-corrected chi connectivity index (χ1v) is 6.98. The van der Waals surface area contributed by atoms with E-state index in [0.29, 0.717) is 31.1 Å². The molecule has 1 aromatic carbocycles. The lowest BCUT2D eigenvalue weighted by Crippen LogP contribution is -2.48. The minimum atomic E-state index is -1.07.